The molecule has 0 aliphatic carbocycles. The number of hydrogen-bond donors (Lipinski definition) is 1. The zero-order chi connectivity index (χ0) is 21.8. The fraction of sp³-hybridized carbons (Fsp3) is 0.227. The monoisotopic (exact) mass is 460 g/mol. The average Bonchev–Trinajstić information content (AvgIpc) is 2.79. The molecule has 6 nitrogen and oxygen atoms in total. The molecule has 1 aromatic heterocycles. The molecule has 0 saturated carbocycles. The molecule has 2 heterocycles. The summed E-state index contributed by atoms with van der Waals surface area (Å²) in [5.41, 5.74) is 1.82. The van der Waals surface area contributed by atoms with E-state index in [4.69, 9.17) is 11.6 Å². The molecule has 1 N–H and O–H groups in total. The van der Waals surface area contributed by atoms with Gasteiger partial charge in [-0.3, -0.25) is 0 Å². The number of benzene rings is 2. The van der Waals surface area contributed by atoms with Gasteiger partial charge in [-0.2, -0.15) is 0 Å². The fourth-order valence-electron chi connectivity index (χ4n) is 3.46. The molecular formula is C22H22ClFN4O2S. The third-order valence-electron chi connectivity index (χ3n) is 5.20. The van der Waals surface area contributed by atoms with E-state index in [0.717, 1.165) is 43.2 Å². The maximum absolute atomic E-state index is 13.1. The molecule has 31 heavy (non-hydrogen) atoms. The van der Waals surface area contributed by atoms with E-state index in [1.165, 1.54) is 24.3 Å². The lowest BCUT2D eigenvalue weighted by molar-refractivity contribution is 0.581. The lowest BCUT2D eigenvalue weighted by atomic mass is 10.2. The van der Waals surface area contributed by atoms with E-state index in [1.807, 2.05) is 6.07 Å². The van der Waals surface area contributed by atoms with Gasteiger partial charge in [-0.05, 0) is 66.2 Å². The van der Waals surface area contributed by atoms with Crippen LogP contribution in [-0.2, 0) is 16.6 Å². The molecule has 0 radical (unpaired) electrons. The minimum absolute atomic E-state index is 0.163. The summed E-state index contributed by atoms with van der Waals surface area (Å²) in [7, 11) is -3.63. The molecule has 0 unspecified atom stereocenters. The largest absolute Gasteiger partial charge is 0.368 e. The summed E-state index contributed by atoms with van der Waals surface area (Å²) in [6.07, 6.45) is 1.69. The van der Waals surface area contributed by atoms with Crippen LogP contribution in [0.1, 0.15) is 5.56 Å². The molecule has 162 valence electrons. The van der Waals surface area contributed by atoms with Crippen molar-refractivity contribution in [2.45, 2.75) is 11.4 Å². The molecule has 0 spiro atoms. The van der Waals surface area contributed by atoms with Gasteiger partial charge in [0.1, 0.15) is 11.6 Å². The fourth-order valence-corrected chi connectivity index (χ4v) is 4.61. The van der Waals surface area contributed by atoms with E-state index in [1.54, 1.807) is 36.5 Å². The van der Waals surface area contributed by atoms with Gasteiger partial charge in [-0.1, -0.05) is 11.6 Å². The van der Waals surface area contributed by atoms with Crippen molar-refractivity contribution in [3.8, 4) is 0 Å². The number of anilines is 2. The third-order valence-corrected chi connectivity index (χ3v) is 6.86. The maximum atomic E-state index is 13.1. The van der Waals surface area contributed by atoms with Crippen LogP contribution in [0.2, 0.25) is 5.02 Å². The van der Waals surface area contributed by atoms with Crippen molar-refractivity contribution in [1.82, 2.24) is 9.71 Å². The van der Waals surface area contributed by atoms with Gasteiger partial charge in [0.2, 0.25) is 10.0 Å². The van der Waals surface area contributed by atoms with Crippen LogP contribution in [0.5, 0.6) is 0 Å². The molecule has 1 fully saturated rings. The van der Waals surface area contributed by atoms with Gasteiger partial charge in [0.05, 0.1) is 4.90 Å². The summed E-state index contributed by atoms with van der Waals surface area (Å²) < 4.78 is 40.7. The first-order valence-electron chi connectivity index (χ1n) is 9.86. The molecule has 4 rings (SSSR count). The summed E-state index contributed by atoms with van der Waals surface area (Å²) in [4.78, 5) is 8.99. The Morgan fingerprint density at radius 3 is 2.26 bits per heavy atom. The van der Waals surface area contributed by atoms with E-state index < -0.39 is 10.0 Å². The van der Waals surface area contributed by atoms with Crippen molar-refractivity contribution in [2.24, 2.45) is 0 Å². The SMILES string of the molecule is O=S(=O)(NCc1ccnc(N2CCN(c3ccc(F)cc3)CC2)c1)c1ccc(Cl)cc1. The zero-order valence-corrected chi connectivity index (χ0v) is 18.3. The minimum atomic E-state index is -3.63. The van der Waals surface area contributed by atoms with E-state index in [-0.39, 0.29) is 17.3 Å². The van der Waals surface area contributed by atoms with Crippen LogP contribution in [0, 0.1) is 5.82 Å². The van der Waals surface area contributed by atoms with Crippen molar-refractivity contribution in [3.63, 3.8) is 0 Å². The van der Waals surface area contributed by atoms with E-state index >= 15 is 0 Å². The Kier molecular flexibility index (Phi) is 6.41. The first-order valence-corrected chi connectivity index (χ1v) is 11.7. The average molecular weight is 461 g/mol. The van der Waals surface area contributed by atoms with E-state index in [2.05, 4.69) is 19.5 Å². The molecule has 3 aromatic rings. The molecule has 0 amide bonds. The lowest BCUT2D eigenvalue weighted by Gasteiger charge is -2.36. The highest BCUT2D eigenvalue weighted by Gasteiger charge is 2.19. The maximum Gasteiger partial charge on any atom is 0.240 e. The highest BCUT2D eigenvalue weighted by Crippen LogP contribution is 2.21. The van der Waals surface area contributed by atoms with Crippen LogP contribution in [0.3, 0.4) is 0 Å². The number of piperazine rings is 1. The molecule has 0 bridgehead atoms. The van der Waals surface area contributed by atoms with Gasteiger partial charge >= 0.3 is 0 Å². The van der Waals surface area contributed by atoms with Crippen LogP contribution >= 0.6 is 11.6 Å². The van der Waals surface area contributed by atoms with Crippen LogP contribution in [-0.4, -0.2) is 39.6 Å². The van der Waals surface area contributed by atoms with Gasteiger partial charge in [0.15, 0.2) is 0 Å². The number of aromatic nitrogens is 1. The number of sulfonamides is 1. The molecule has 0 atom stereocenters. The van der Waals surface area contributed by atoms with Crippen molar-refractivity contribution >= 4 is 33.1 Å². The Balaban J connectivity index is 1.37. The Bertz CT molecular complexity index is 1130. The van der Waals surface area contributed by atoms with Crippen LogP contribution in [0.15, 0.2) is 71.8 Å². The molecule has 1 aliphatic rings. The summed E-state index contributed by atoms with van der Waals surface area (Å²) >= 11 is 5.83. The van der Waals surface area contributed by atoms with Gasteiger partial charge in [-0.15, -0.1) is 0 Å². The smallest absolute Gasteiger partial charge is 0.240 e. The highest BCUT2D eigenvalue weighted by molar-refractivity contribution is 7.89. The van der Waals surface area contributed by atoms with Crippen molar-refractivity contribution in [2.75, 3.05) is 36.0 Å². The normalized spacial score (nSPS) is 14.6. The predicted octanol–water partition coefficient (Wildman–Crippen LogP) is 3.68. The number of hydrogen-bond acceptors (Lipinski definition) is 5. The second-order valence-corrected chi connectivity index (χ2v) is 9.45. The van der Waals surface area contributed by atoms with Gasteiger partial charge < -0.3 is 9.80 Å². The van der Waals surface area contributed by atoms with E-state index in [9.17, 15) is 12.8 Å². The number of pyridine rings is 1. The van der Waals surface area contributed by atoms with Crippen molar-refractivity contribution < 1.29 is 12.8 Å². The summed E-state index contributed by atoms with van der Waals surface area (Å²) in [6.45, 7) is 3.28. The highest BCUT2D eigenvalue weighted by atomic mass is 35.5. The van der Waals surface area contributed by atoms with E-state index in [0.29, 0.717) is 5.02 Å². The lowest BCUT2D eigenvalue weighted by Crippen LogP contribution is -2.46. The topological polar surface area (TPSA) is 65.5 Å². The van der Waals surface area contributed by atoms with Crippen LogP contribution < -0.4 is 14.5 Å². The first kappa shape index (κ1) is 21.5. The first-order chi connectivity index (χ1) is 14.9. The second kappa shape index (κ2) is 9.21. The number of halogens is 2. The second-order valence-electron chi connectivity index (χ2n) is 7.25. The Morgan fingerprint density at radius 2 is 1.58 bits per heavy atom. The summed E-state index contributed by atoms with van der Waals surface area (Å²) in [5.74, 6) is 0.567. The Labute approximate surface area is 186 Å². The molecule has 1 saturated heterocycles. The van der Waals surface area contributed by atoms with Gasteiger partial charge in [0.25, 0.3) is 0 Å². The van der Waals surface area contributed by atoms with Gasteiger partial charge in [-0.25, -0.2) is 22.5 Å². The quantitative estimate of drug-likeness (QED) is 0.608. The minimum Gasteiger partial charge on any atom is -0.368 e. The number of nitrogens with one attached hydrogen (secondary N) is 1. The number of nitrogens with zero attached hydrogens (tertiary/aromatic N) is 3. The standard InChI is InChI=1S/C22H22ClFN4O2S/c23-18-1-7-21(8-2-18)31(29,30)26-16-17-9-10-25-22(15-17)28-13-11-27(12-14-28)20-5-3-19(24)4-6-20/h1-10,15,26H,11-14,16H2. The third kappa shape index (κ3) is 5.33. The Morgan fingerprint density at radius 1 is 0.935 bits per heavy atom. The molecule has 9 heteroatoms. The van der Waals surface area contributed by atoms with Crippen LogP contribution in [0.25, 0.3) is 0 Å². The van der Waals surface area contributed by atoms with Crippen molar-refractivity contribution in [3.05, 3.63) is 83.3 Å². The zero-order valence-electron chi connectivity index (χ0n) is 16.7. The molecule has 2 aromatic carbocycles. The number of rotatable bonds is 6. The Hall–Kier alpha value is -2.68. The van der Waals surface area contributed by atoms with Crippen LogP contribution in [0.4, 0.5) is 15.9 Å². The van der Waals surface area contributed by atoms with Gasteiger partial charge in [0, 0.05) is 49.6 Å². The summed E-state index contributed by atoms with van der Waals surface area (Å²) in [5, 5.41) is 0.484. The predicted molar refractivity (Wildman–Crippen MR) is 121 cm³/mol. The van der Waals surface area contributed by atoms with Crippen molar-refractivity contribution in [1.29, 1.82) is 0 Å². The molecular weight excluding hydrogens is 439 g/mol. The molecule has 1 aliphatic heterocycles. The summed E-state index contributed by atoms with van der Waals surface area (Å²) in [6, 6.07) is 16.3.